The van der Waals surface area contributed by atoms with E-state index in [0.717, 1.165) is 25.9 Å². The molecule has 1 unspecified atom stereocenters. The van der Waals surface area contributed by atoms with E-state index in [1.807, 2.05) is 0 Å². The van der Waals surface area contributed by atoms with Gasteiger partial charge in [0, 0.05) is 12.1 Å². The Morgan fingerprint density at radius 1 is 1.35 bits per heavy atom. The highest BCUT2D eigenvalue weighted by molar-refractivity contribution is 7.89. The molecule has 1 aliphatic rings. The molecule has 130 valence electrons. The highest BCUT2D eigenvalue weighted by Crippen LogP contribution is 2.30. The largest absolute Gasteiger partial charge is 0.316 e. The molecular formula is C14H22ClN3O4S. The minimum Gasteiger partial charge on any atom is -0.316 e. The van der Waals surface area contributed by atoms with Crippen LogP contribution >= 0.6 is 12.4 Å². The summed E-state index contributed by atoms with van der Waals surface area (Å²) in [4.78, 5) is 10.4. The molecular weight excluding hydrogens is 342 g/mol. The van der Waals surface area contributed by atoms with E-state index in [2.05, 4.69) is 10.0 Å². The van der Waals surface area contributed by atoms with Crippen molar-refractivity contribution in [3.05, 3.63) is 33.4 Å². The van der Waals surface area contributed by atoms with Crippen molar-refractivity contribution in [1.82, 2.24) is 10.0 Å². The third-order valence-corrected chi connectivity index (χ3v) is 5.54. The van der Waals surface area contributed by atoms with E-state index in [1.165, 1.54) is 0 Å². The first kappa shape index (κ1) is 19.8. The van der Waals surface area contributed by atoms with Crippen molar-refractivity contribution in [3.8, 4) is 0 Å². The number of halogens is 1. The maximum atomic E-state index is 12.5. The fourth-order valence-corrected chi connectivity index (χ4v) is 4.32. The van der Waals surface area contributed by atoms with Crippen LogP contribution in [-0.4, -0.2) is 33.0 Å². The van der Waals surface area contributed by atoms with E-state index < -0.39 is 14.9 Å². The lowest BCUT2D eigenvalue weighted by Crippen LogP contribution is -2.38. The van der Waals surface area contributed by atoms with Crippen molar-refractivity contribution in [3.63, 3.8) is 0 Å². The summed E-state index contributed by atoms with van der Waals surface area (Å²) in [5, 5.41) is 14.5. The van der Waals surface area contributed by atoms with Gasteiger partial charge >= 0.3 is 0 Å². The van der Waals surface area contributed by atoms with Crippen LogP contribution in [0, 0.1) is 29.9 Å². The average Bonchev–Trinajstić information content (AvgIpc) is 2.48. The number of benzene rings is 1. The minimum absolute atomic E-state index is 0. The van der Waals surface area contributed by atoms with Gasteiger partial charge in [0.1, 0.15) is 0 Å². The SMILES string of the molecule is Cc1ccc(C)c(S(=O)(=O)NCC2CCCNC2)c1[N+](=O)[O-].Cl. The summed E-state index contributed by atoms with van der Waals surface area (Å²) in [6.07, 6.45) is 1.96. The van der Waals surface area contributed by atoms with E-state index in [-0.39, 0.29) is 28.9 Å². The third kappa shape index (κ3) is 4.63. The smallest absolute Gasteiger partial charge is 0.292 e. The zero-order valence-electron chi connectivity index (χ0n) is 13.2. The lowest BCUT2D eigenvalue weighted by atomic mass is 10.0. The Bertz CT molecular complexity index is 673. The van der Waals surface area contributed by atoms with E-state index in [4.69, 9.17) is 0 Å². The van der Waals surface area contributed by atoms with Crippen molar-refractivity contribution < 1.29 is 13.3 Å². The number of sulfonamides is 1. The van der Waals surface area contributed by atoms with Gasteiger partial charge in [-0.1, -0.05) is 12.1 Å². The van der Waals surface area contributed by atoms with Gasteiger partial charge in [-0.25, -0.2) is 13.1 Å². The van der Waals surface area contributed by atoms with Gasteiger partial charge < -0.3 is 5.32 Å². The molecule has 0 saturated carbocycles. The molecule has 23 heavy (non-hydrogen) atoms. The summed E-state index contributed by atoms with van der Waals surface area (Å²) >= 11 is 0. The van der Waals surface area contributed by atoms with Crippen LogP contribution in [-0.2, 0) is 10.0 Å². The molecule has 7 nitrogen and oxygen atoms in total. The standard InChI is InChI=1S/C14H21N3O4S.ClH/c1-10-5-6-11(2)14(13(10)17(18)19)22(20,21)16-9-12-4-3-7-15-8-12;/h5-6,12,15-16H,3-4,7-9H2,1-2H3;1H. The van der Waals surface area contributed by atoms with Crippen molar-refractivity contribution in [2.75, 3.05) is 19.6 Å². The molecule has 2 rings (SSSR count). The van der Waals surface area contributed by atoms with Gasteiger partial charge in [0.2, 0.25) is 10.0 Å². The number of nitrogens with zero attached hydrogens (tertiary/aromatic N) is 1. The van der Waals surface area contributed by atoms with Crippen molar-refractivity contribution in [2.24, 2.45) is 5.92 Å². The van der Waals surface area contributed by atoms with Gasteiger partial charge in [0.15, 0.2) is 4.90 Å². The Hall–Kier alpha value is -1.22. The van der Waals surface area contributed by atoms with Crippen LogP contribution in [0.15, 0.2) is 17.0 Å². The van der Waals surface area contributed by atoms with Crippen LogP contribution in [0.1, 0.15) is 24.0 Å². The van der Waals surface area contributed by atoms with Gasteiger partial charge in [-0.15, -0.1) is 12.4 Å². The second-order valence-electron chi connectivity index (χ2n) is 5.70. The van der Waals surface area contributed by atoms with E-state index in [1.54, 1.807) is 26.0 Å². The molecule has 0 aliphatic carbocycles. The van der Waals surface area contributed by atoms with Crippen LogP contribution in [0.5, 0.6) is 0 Å². The third-order valence-electron chi connectivity index (χ3n) is 3.94. The Labute approximate surface area is 142 Å². The Morgan fingerprint density at radius 3 is 2.57 bits per heavy atom. The Morgan fingerprint density at radius 2 is 2.00 bits per heavy atom. The molecule has 0 aromatic heterocycles. The molecule has 1 heterocycles. The number of nitro benzene ring substituents is 1. The quantitative estimate of drug-likeness (QED) is 0.614. The molecule has 9 heteroatoms. The second kappa shape index (κ2) is 8.05. The molecule has 1 atom stereocenters. The highest BCUT2D eigenvalue weighted by atomic mass is 35.5. The lowest BCUT2D eigenvalue weighted by molar-refractivity contribution is -0.388. The molecule has 1 aromatic carbocycles. The topological polar surface area (TPSA) is 101 Å². The first-order valence-electron chi connectivity index (χ1n) is 7.28. The number of piperidine rings is 1. The van der Waals surface area contributed by atoms with E-state index in [0.29, 0.717) is 17.7 Å². The maximum Gasteiger partial charge on any atom is 0.292 e. The van der Waals surface area contributed by atoms with Crippen LogP contribution in [0.3, 0.4) is 0 Å². The molecule has 1 fully saturated rings. The van der Waals surface area contributed by atoms with Gasteiger partial charge in [0.25, 0.3) is 5.69 Å². The maximum absolute atomic E-state index is 12.5. The summed E-state index contributed by atoms with van der Waals surface area (Å²) in [5.74, 6) is 0.215. The summed E-state index contributed by atoms with van der Waals surface area (Å²) < 4.78 is 27.6. The molecule has 0 radical (unpaired) electrons. The number of rotatable bonds is 5. The fourth-order valence-electron chi connectivity index (χ4n) is 2.73. The first-order valence-corrected chi connectivity index (χ1v) is 8.76. The van der Waals surface area contributed by atoms with Crippen LogP contribution in [0.4, 0.5) is 5.69 Å². The monoisotopic (exact) mass is 363 g/mol. The zero-order valence-corrected chi connectivity index (χ0v) is 14.8. The lowest BCUT2D eigenvalue weighted by Gasteiger charge is -2.23. The number of nitro groups is 1. The van der Waals surface area contributed by atoms with Crippen molar-refractivity contribution in [1.29, 1.82) is 0 Å². The first-order chi connectivity index (χ1) is 10.3. The van der Waals surface area contributed by atoms with Gasteiger partial charge in [0.05, 0.1) is 4.92 Å². The van der Waals surface area contributed by atoms with Crippen LogP contribution < -0.4 is 10.0 Å². The minimum atomic E-state index is -3.91. The molecule has 0 amide bonds. The van der Waals surface area contributed by atoms with Gasteiger partial charge in [-0.05, 0) is 51.3 Å². The summed E-state index contributed by atoms with van der Waals surface area (Å²) in [5.41, 5.74) is 0.385. The Kier molecular flexibility index (Phi) is 6.94. The summed E-state index contributed by atoms with van der Waals surface area (Å²) in [7, 11) is -3.91. The molecule has 1 aromatic rings. The molecule has 1 aliphatic heterocycles. The second-order valence-corrected chi connectivity index (χ2v) is 7.40. The summed E-state index contributed by atoms with van der Waals surface area (Å²) in [6, 6.07) is 3.16. The number of hydrogen-bond acceptors (Lipinski definition) is 5. The highest BCUT2D eigenvalue weighted by Gasteiger charge is 2.30. The molecule has 1 saturated heterocycles. The fraction of sp³-hybridized carbons (Fsp3) is 0.571. The van der Waals surface area contributed by atoms with Gasteiger partial charge in [-0.2, -0.15) is 0 Å². The van der Waals surface area contributed by atoms with Crippen LogP contribution in [0.25, 0.3) is 0 Å². The van der Waals surface area contributed by atoms with E-state index >= 15 is 0 Å². The van der Waals surface area contributed by atoms with Crippen LogP contribution in [0.2, 0.25) is 0 Å². The normalized spacial score (nSPS) is 18.3. The van der Waals surface area contributed by atoms with Crippen molar-refractivity contribution >= 4 is 28.1 Å². The zero-order chi connectivity index (χ0) is 16.3. The summed E-state index contributed by atoms with van der Waals surface area (Å²) in [6.45, 7) is 5.12. The van der Waals surface area contributed by atoms with E-state index in [9.17, 15) is 18.5 Å². The predicted molar refractivity (Wildman–Crippen MR) is 90.6 cm³/mol. The molecule has 0 bridgehead atoms. The number of aryl methyl sites for hydroxylation is 2. The number of hydrogen-bond donors (Lipinski definition) is 2. The van der Waals surface area contributed by atoms with Crippen molar-refractivity contribution in [2.45, 2.75) is 31.6 Å². The average molecular weight is 364 g/mol. The van der Waals surface area contributed by atoms with Gasteiger partial charge in [-0.3, -0.25) is 10.1 Å². The predicted octanol–water partition coefficient (Wildman–Crippen LogP) is 1.91. The Balaban J connectivity index is 0.00000264. The molecule has 2 N–H and O–H groups in total. The number of nitrogens with one attached hydrogen (secondary N) is 2. The molecule has 0 spiro atoms.